The lowest BCUT2D eigenvalue weighted by atomic mass is 10.0. The molecule has 10 nitrogen and oxygen atoms in total. The Bertz CT molecular complexity index is 2040. The topological polar surface area (TPSA) is 108 Å². The molecule has 0 unspecified atom stereocenters. The highest BCUT2D eigenvalue weighted by Gasteiger charge is 2.28. The number of ether oxygens (including phenoxy) is 1. The zero-order valence-electron chi connectivity index (χ0n) is 27.6. The molecule has 3 heterocycles. The molecule has 0 aliphatic carbocycles. The van der Waals surface area contributed by atoms with Crippen LogP contribution in [-0.4, -0.2) is 79.6 Å². The highest BCUT2D eigenvalue weighted by Crippen LogP contribution is 2.34. The predicted octanol–water partition coefficient (Wildman–Crippen LogP) is 6.25. The number of amides is 1. The first kappa shape index (κ1) is 32.5. The molecular weight excluding hydrogens is 637 g/mol. The van der Waals surface area contributed by atoms with Gasteiger partial charge in [0, 0.05) is 67.0 Å². The minimum Gasteiger partial charge on any atom is -0.484 e. The van der Waals surface area contributed by atoms with E-state index in [1.807, 2.05) is 90.7 Å². The van der Waals surface area contributed by atoms with E-state index in [1.54, 1.807) is 10.4 Å². The second kappa shape index (κ2) is 14.2. The van der Waals surface area contributed by atoms with Gasteiger partial charge in [0.2, 0.25) is 10.0 Å². The number of benzene rings is 4. The monoisotopic (exact) mass is 676 g/mol. The molecule has 2 aliphatic heterocycles. The van der Waals surface area contributed by atoms with Crippen LogP contribution in [0.2, 0.25) is 0 Å². The minimum atomic E-state index is -3.62. The summed E-state index contributed by atoms with van der Waals surface area (Å²) < 4.78 is 34.6. The second-order valence-corrected chi connectivity index (χ2v) is 14.4. The van der Waals surface area contributed by atoms with Crippen LogP contribution in [0.5, 0.6) is 5.75 Å². The van der Waals surface area contributed by atoms with E-state index in [1.165, 1.54) is 5.69 Å². The molecule has 1 aromatic heterocycles. The number of fused-ring (bicyclic) bond motifs is 1. The summed E-state index contributed by atoms with van der Waals surface area (Å²) in [7, 11) is -3.62. The number of aryl methyl sites for hydroxylation is 1. The van der Waals surface area contributed by atoms with Gasteiger partial charge in [-0.2, -0.15) is 4.31 Å². The van der Waals surface area contributed by atoms with Crippen LogP contribution in [0.15, 0.2) is 102 Å². The van der Waals surface area contributed by atoms with Crippen molar-refractivity contribution in [2.45, 2.75) is 31.1 Å². The van der Waals surface area contributed by atoms with Crippen molar-refractivity contribution in [2.24, 2.45) is 0 Å². The Morgan fingerprint density at radius 1 is 0.776 bits per heavy atom. The molecule has 0 bridgehead atoms. The van der Waals surface area contributed by atoms with E-state index in [9.17, 15) is 13.2 Å². The highest BCUT2D eigenvalue weighted by atomic mass is 32.2. The number of piperidine rings is 1. The lowest BCUT2D eigenvalue weighted by Gasteiger charge is -2.36. The fraction of sp³-hybridized carbons (Fsp3) is 0.289. The molecule has 0 saturated carbocycles. The maximum absolute atomic E-state index is 13.6. The third-order valence-corrected chi connectivity index (χ3v) is 11.4. The van der Waals surface area contributed by atoms with Crippen LogP contribution >= 0.6 is 0 Å². The largest absolute Gasteiger partial charge is 0.484 e. The number of nitrogens with one attached hydrogen (secondary N) is 1. The van der Waals surface area contributed by atoms with Gasteiger partial charge in [-0.25, -0.2) is 8.42 Å². The van der Waals surface area contributed by atoms with Crippen molar-refractivity contribution in [3.8, 4) is 17.0 Å². The minimum absolute atomic E-state index is 0.0181. The normalized spacial score (nSPS) is 15.7. The Hall–Kier alpha value is -5.00. The Kier molecular flexibility index (Phi) is 9.45. The predicted molar refractivity (Wildman–Crippen MR) is 193 cm³/mol. The van der Waals surface area contributed by atoms with Crippen LogP contribution in [0.1, 0.15) is 24.8 Å². The van der Waals surface area contributed by atoms with Gasteiger partial charge in [-0.15, -0.1) is 10.2 Å². The molecule has 1 N–H and O–H groups in total. The molecular formula is C38H40N6O4S. The summed E-state index contributed by atoms with van der Waals surface area (Å²) in [5, 5.41) is 14.2. The zero-order valence-corrected chi connectivity index (χ0v) is 28.4. The standard InChI is InChI=1S/C38H40N6O4S/c1-28-14-15-29(26-35(28)49(46,47)44-20-8-3-9-21-44)37-33-12-6-7-13-34(33)38(41-40-37)39-30-16-18-32(19-17-30)48-27-36(45)43-24-22-42(23-25-43)31-10-4-2-5-11-31/h2,4-7,10-19,26H,3,8-9,20-25,27H2,1H3,(H,39,41). The van der Waals surface area contributed by atoms with Crippen molar-refractivity contribution < 1.29 is 17.9 Å². The molecule has 49 heavy (non-hydrogen) atoms. The molecule has 7 rings (SSSR count). The van der Waals surface area contributed by atoms with Gasteiger partial charge in [0.05, 0.1) is 4.90 Å². The number of para-hydroxylation sites is 1. The summed E-state index contributed by atoms with van der Waals surface area (Å²) >= 11 is 0. The molecule has 0 spiro atoms. The summed E-state index contributed by atoms with van der Waals surface area (Å²) in [6.45, 7) is 5.83. The van der Waals surface area contributed by atoms with Gasteiger partial charge in [-0.05, 0) is 67.8 Å². The fourth-order valence-electron chi connectivity index (χ4n) is 6.54. The first-order chi connectivity index (χ1) is 23.9. The quantitative estimate of drug-likeness (QED) is 0.195. The first-order valence-electron chi connectivity index (χ1n) is 16.8. The van der Waals surface area contributed by atoms with Gasteiger partial charge in [-0.3, -0.25) is 4.79 Å². The third kappa shape index (κ3) is 7.09. The molecule has 2 fully saturated rings. The smallest absolute Gasteiger partial charge is 0.260 e. The molecule has 2 saturated heterocycles. The van der Waals surface area contributed by atoms with Crippen molar-refractivity contribution in [3.05, 3.63) is 103 Å². The molecule has 11 heteroatoms. The molecule has 0 radical (unpaired) electrons. The van der Waals surface area contributed by atoms with Crippen LogP contribution in [0.4, 0.5) is 17.2 Å². The molecule has 0 atom stereocenters. The number of carbonyl (C=O) groups is 1. The lowest BCUT2D eigenvalue weighted by Crippen LogP contribution is -2.50. The van der Waals surface area contributed by atoms with E-state index in [-0.39, 0.29) is 12.5 Å². The summed E-state index contributed by atoms with van der Waals surface area (Å²) in [5.41, 5.74) is 3.99. The van der Waals surface area contributed by atoms with Gasteiger partial charge in [-0.1, -0.05) is 61.0 Å². The van der Waals surface area contributed by atoms with Crippen LogP contribution in [0, 0.1) is 6.92 Å². The average molecular weight is 677 g/mol. The number of anilines is 3. The van der Waals surface area contributed by atoms with E-state index in [4.69, 9.17) is 4.74 Å². The van der Waals surface area contributed by atoms with Crippen LogP contribution in [-0.2, 0) is 14.8 Å². The van der Waals surface area contributed by atoms with Crippen molar-refractivity contribution in [1.29, 1.82) is 0 Å². The number of carbonyl (C=O) groups excluding carboxylic acids is 1. The van der Waals surface area contributed by atoms with E-state index in [0.29, 0.717) is 59.5 Å². The average Bonchev–Trinajstić information content (AvgIpc) is 3.15. The third-order valence-electron chi connectivity index (χ3n) is 9.31. The molecule has 1 amide bonds. The summed E-state index contributed by atoms with van der Waals surface area (Å²) in [6.07, 6.45) is 2.82. The van der Waals surface area contributed by atoms with E-state index >= 15 is 0 Å². The second-order valence-electron chi connectivity index (χ2n) is 12.5. The number of rotatable bonds is 9. The molecule has 4 aromatic carbocycles. The van der Waals surface area contributed by atoms with E-state index in [2.05, 4.69) is 32.5 Å². The van der Waals surface area contributed by atoms with Gasteiger partial charge in [0.25, 0.3) is 5.91 Å². The van der Waals surface area contributed by atoms with Gasteiger partial charge in [0.15, 0.2) is 12.4 Å². The Morgan fingerprint density at radius 2 is 1.47 bits per heavy atom. The van der Waals surface area contributed by atoms with Gasteiger partial charge in [0.1, 0.15) is 11.4 Å². The van der Waals surface area contributed by atoms with E-state index in [0.717, 1.165) is 48.8 Å². The summed E-state index contributed by atoms with van der Waals surface area (Å²) in [5.74, 6) is 1.15. The van der Waals surface area contributed by atoms with Crippen molar-refractivity contribution in [3.63, 3.8) is 0 Å². The summed E-state index contributed by atoms with van der Waals surface area (Å²) in [4.78, 5) is 17.3. The first-order valence-corrected chi connectivity index (χ1v) is 18.2. The van der Waals surface area contributed by atoms with Gasteiger partial charge >= 0.3 is 0 Å². The van der Waals surface area contributed by atoms with Crippen LogP contribution in [0.25, 0.3) is 22.0 Å². The number of aromatic nitrogens is 2. The molecule has 252 valence electrons. The van der Waals surface area contributed by atoms with E-state index < -0.39 is 10.0 Å². The van der Waals surface area contributed by atoms with Gasteiger partial charge < -0.3 is 19.9 Å². The lowest BCUT2D eigenvalue weighted by molar-refractivity contribution is -0.133. The van der Waals surface area contributed by atoms with Crippen molar-refractivity contribution in [2.75, 3.05) is 56.1 Å². The summed E-state index contributed by atoms with van der Waals surface area (Å²) in [6, 6.07) is 31.0. The maximum Gasteiger partial charge on any atom is 0.260 e. The number of hydrogen-bond donors (Lipinski definition) is 1. The highest BCUT2D eigenvalue weighted by molar-refractivity contribution is 7.89. The van der Waals surface area contributed by atoms with Crippen molar-refractivity contribution in [1.82, 2.24) is 19.4 Å². The fourth-order valence-corrected chi connectivity index (χ4v) is 8.31. The van der Waals surface area contributed by atoms with Crippen molar-refractivity contribution >= 4 is 43.9 Å². The number of piperazine rings is 1. The number of nitrogens with zero attached hydrogens (tertiary/aromatic N) is 5. The maximum atomic E-state index is 13.6. The Morgan fingerprint density at radius 3 is 2.20 bits per heavy atom. The molecule has 5 aromatic rings. The Balaban J connectivity index is 1.02. The van der Waals surface area contributed by atoms with Crippen LogP contribution < -0.4 is 15.0 Å². The number of sulfonamides is 1. The Labute approximate surface area is 287 Å². The SMILES string of the molecule is Cc1ccc(-c2nnc(Nc3ccc(OCC(=O)N4CCN(c5ccccc5)CC4)cc3)c3ccccc23)cc1S(=O)(=O)N1CCCCC1. The number of hydrogen-bond acceptors (Lipinski definition) is 8. The molecule has 2 aliphatic rings. The van der Waals surface area contributed by atoms with Crippen LogP contribution in [0.3, 0.4) is 0 Å². The zero-order chi connectivity index (χ0) is 33.8.